The molecule has 2 aliphatic rings. The molecule has 0 amide bonds. The fourth-order valence-corrected chi connectivity index (χ4v) is 4.77. The van der Waals surface area contributed by atoms with Crippen molar-refractivity contribution in [2.45, 2.75) is 70.6 Å². The Hall–Kier alpha value is -0.970. The van der Waals surface area contributed by atoms with Crippen molar-refractivity contribution in [2.24, 2.45) is 5.92 Å². The largest absolute Gasteiger partial charge is 0.381 e. The summed E-state index contributed by atoms with van der Waals surface area (Å²) >= 11 is 0. The first-order valence-electron chi connectivity index (χ1n) is 9.59. The second kappa shape index (κ2) is 7.34. The van der Waals surface area contributed by atoms with Gasteiger partial charge in [-0.3, -0.25) is 4.90 Å². The summed E-state index contributed by atoms with van der Waals surface area (Å²) in [7, 11) is 0. The SMILES string of the molecule is CC1(C)CC(N(Cc2ccccc2F)CC2CCOC2)CC(C)(C)N1. The van der Waals surface area contributed by atoms with Crippen LogP contribution >= 0.6 is 0 Å². The number of halogens is 1. The molecule has 3 rings (SSSR count). The zero-order valence-corrected chi connectivity index (χ0v) is 16.1. The van der Waals surface area contributed by atoms with Gasteiger partial charge >= 0.3 is 0 Å². The number of nitrogens with one attached hydrogen (secondary N) is 1. The molecule has 1 unspecified atom stereocenters. The average molecular weight is 349 g/mol. The van der Waals surface area contributed by atoms with Crippen LogP contribution in [-0.4, -0.2) is 41.8 Å². The number of nitrogens with zero attached hydrogens (tertiary/aromatic N) is 1. The van der Waals surface area contributed by atoms with Crippen molar-refractivity contribution in [3.8, 4) is 0 Å². The Bertz CT molecular complexity index is 565. The normalized spacial score (nSPS) is 26.2. The summed E-state index contributed by atoms with van der Waals surface area (Å²) in [5.74, 6) is 0.468. The van der Waals surface area contributed by atoms with Crippen molar-refractivity contribution in [3.05, 3.63) is 35.6 Å². The molecule has 4 heteroatoms. The molecular weight excluding hydrogens is 315 g/mol. The molecule has 0 spiro atoms. The van der Waals surface area contributed by atoms with E-state index < -0.39 is 0 Å². The highest BCUT2D eigenvalue weighted by Gasteiger charge is 2.40. The predicted octanol–water partition coefficient (Wildman–Crippen LogP) is 3.97. The molecule has 0 radical (unpaired) electrons. The monoisotopic (exact) mass is 348 g/mol. The Kier molecular flexibility index (Phi) is 5.52. The molecule has 1 N–H and O–H groups in total. The Labute approximate surface area is 151 Å². The molecule has 0 aliphatic carbocycles. The molecule has 140 valence electrons. The molecule has 1 atom stereocenters. The van der Waals surface area contributed by atoms with Crippen LogP contribution < -0.4 is 5.32 Å². The number of benzene rings is 1. The summed E-state index contributed by atoms with van der Waals surface area (Å²) < 4.78 is 19.9. The van der Waals surface area contributed by atoms with E-state index in [1.54, 1.807) is 12.1 Å². The van der Waals surface area contributed by atoms with Crippen LogP contribution in [0.15, 0.2) is 24.3 Å². The zero-order chi connectivity index (χ0) is 18.1. The number of hydrogen-bond donors (Lipinski definition) is 1. The number of piperidine rings is 1. The fourth-order valence-electron chi connectivity index (χ4n) is 4.77. The van der Waals surface area contributed by atoms with Gasteiger partial charge in [-0.15, -0.1) is 0 Å². The maximum Gasteiger partial charge on any atom is 0.127 e. The lowest BCUT2D eigenvalue weighted by Gasteiger charge is -2.50. The first-order chi connectivity index (χ1) is 11.7. The second-order valence-electron chi connectivity index (χ2n) is 9.21. The number of ether oxygens (including phenoxy) is 1. The van der Waals surface area contributed by atoms with Crippen LogP contribution in [0.25, 0.3) is 0 Å². The molecule has 1 aromatic rings. The maximum absolute atomic E-state index is 14.3. The Balaban J connectivity index is 1.81. The quantitative estimate of drug-likeness (QED) is 0.871. The lowest BCUT2D eigenvalue weighted by atomic mass is 9.78. The molecule has 0 bridgehead atoms. The summed E-state index contributed by atoms with van der Waals surface area (Å²) in [5, 5.41) is 3.76. The van der Waals surface area contributed by atoms with Gasteiger partial charge in [0.15, 0.2) is 0 Å². The van der Waals surface area contributed by atoms with Gasteiger partial charge in [0.05, 0.1) is 6.61 Å². The third kappa shape index (κ3) is 5.02. The topological polar surface area (TPSA) is 24.5 Å². The summed E-state index contributed by atoms with van der Waals surface area (Å²) in [6.45, 7) is 12.5. The van der Waals surface area contributed by atoms with Gasteiger partial charge in [0, 0.05) is 42.4 Å². The summed E-state index contributed by atoms with van der Waals surface area (Å²) in [6, 6.07) is 7.65. The van der Waals surface area contributed by atoms with E-state index in [1.807, 2.05) is 12.1 Å². The maximum atomic E-state index is 14.3. The van der Waals surface area contributed by atoms with Crippen molar-refractivity contribution in [2.75, 3.05) is 19.8 Å². The van der Waals surface area contributed by atoms with E-state index in [-0.39, 0.29) is 16.9 Å². The van der Waals surface area contributed by atoms with Gasteiger partial charge in [-0.25, -0.2) is 4.39 Å². The van der Waals surface area contributed by atoms with Crippen molar-refractivity contribution in [3.63, 3.8) is 0 Å². The molecule has 2 heterocycles. The van der Waals surface area contributed by atoms with Crippen LogP contribution in [0.1, 0.15) is 52.5 Å². The van der Waals surface area contributed by atoms with Gasteiger partial charge in [-0.1, -0.05) is 18.2 Å². The Morgan fingerprint density at radius 3 is 2.44 bits per heavy atom. The van der Waals surface area contributed by atoms with Gasteiger partial charge < -0.3 is 10.1 Å². The molecule has 0 saturated carbocycles. The molecule has 1 aromatic carbocycles. The number of hydrogen-bond acceptors (Lipinski definition) is 3. The average Bonchev–Trinajstić information content (AvgIpc) is 2.98. The predicted molar refractivity (Wildman–Crippen MR) is 100 cm³/mol. The smallest absolute Gasteiger partial charge is 0.127 e. The zero-order valence-electron chi connectivity index (χ0n) is 16.1. The van der Waals surface area contributed by atoms with E-state index in [4.69, 9.17) is 4.74 Å². The second-order valence-corrected chi connectivity index (χ2v) is 9.21. The highest BCUT2D eigenvalue weighted by molar-refractivity contribution is 5.17. The van der Waals surface area contributed by atoms with Crippen LogP contribution in [-0.2, 0) is 11.3 Å². The van der Waals surface area contributed by atoms with E-state index in [9.17, 15) is 4.39 Å². The van der Waals surface area contributed by atoms with E-state index in [1.165, 1.54) is 0 Å². The third-order valence-corrected chi connectivity index (χ3v) is 5.53. The van der Waals surface area contributed by atoms with Crippen molar-refractivity contribution >= 4 is 0 Å². The van der Waals surface area contributed by atoms with Gasteiger partial charge in [0.25, 0.3) is 0 Å². The summed E-state index contributed by atoms with van der Waals surface area (Å²) in [4.78, 5) is 2.52. The van der Waals surface area contributed by atoms with E-state index in [0.717, 1.165) is 44.6 Å². The first-order valence-corrected chi connectivity index (χ1v) is 9.59. The van der Waals surface area contributed by atoms with Crippen LogP contribution in [0.4, 0.5) is 4.39 Å². The highest BCUT2D eigenvalue weighted by Crippen LogP contribution is 2.33. The summed E-state index contributed by atoms with van der Waals surface area (Å²) in [5.41, 5.74) is 0.980. The van der Waals surface area contributed by atoms with Gasteiger partial charge in [0.1, 0.15) is 5.82 Å². The van der Waals surface area contributed by atoms with Gasteiger partial charge in [-0.2, -0.15) is 0 Å². The van der Waals surface area contributed by atoms with Gasteiger partial charge in [0.2, 0.25) is 0 Å². The highest BCUT2D eigenvalue weighted by atomic mass is 19.1. The van der Waals surface area contributed by atoms with Crippen LogP contribution in [0, 0.1) is 11.7 Å². The first kappa shape index (κ1) is 18.8. The van der Waals surface area contributed by atoms with Crippen molar-refractivity contribution in [1.82, 2.24) is 10.2 Å². The van der Waals surface area contributed by atoms with Crippen LogP contribution in [0.3, 0.4) is 0 Å². The van der Waals surface area contributed by atoms with Crippen LogP contribution in [0.2, 0.25) is 0 Å². The minimum atomic E-state index is -0.0948. The minimum absolute atomic E-state index is 0.0894. The molecule has 2 saturated heterocycles. The van der Waals surface area contributed by atoms with E-state index >= 15 is 0 Å². The molecule has 0 aromatic heterocycles. The van der Waals surface area contributed by atoms with Crippen LogP contribution in [0.5, 0.6) is 0 Å². The molecule has 2 aliphatic heterocycles. The minimum Gasteiger partial charge on any atom is -0.381 e. The molecular formula is C21H33FN2O. The molecule has 2 fully saturated rings. The van der Waals surface area contributed by atoms with Gasteiger partial charge in [-0.05, 0) is 58.9 Å². The Morgan fingerprint density at radius 2 is 1.84 bits per heavy atom. The third-order valence-electron chi connectivity index (χ3n) is 5.53. The molecule has 3 nitrogen and oxygen atoms in total. The van der Waals surface area contributed by atoms with E-state index in [0.29, 0.717) is 18.5 Å². The van der Waals surface area contributed by atoms with E-state index in [2.05, 4.69) is 37.9 Å². The standard InChI is InChI=1S/C21H33FN2O/c1-20(2)11-18(12-21(3,4)23-20)24(13-16-9-10-25-15-16)14-17-7-5-6-8-19(17)22/h5-8,16,18,23H,9-15H2,1-4H3. The molecule has 25 heavy (non-hydrogen) atoms. The Morgan fingerprint density at radius 1 is 1.16 bits per heavy atom. The fraction of sp³-hybridized carbons (Fsp3) is 0.714. The lowest BCUT2D eigenvalue weighted by molar-refractivity contribution is 0.0487. The lowest BCUT2D eigenvalue weighted by Crippen LogP contribution is -2.62. The summed E-state index contributed by atoms with van der Waals surface area (Å²) in [6.07, 6.45) is 3.28. The van der Waals surface area contributed by atoms with Crippen molar-refractivity contribution in [1.29, 1.82) is 0 Å². The number of rotatable bonds is 5. The van der Waals surface area contributed by atoms with Crippen molar-refractivity contribution < 1.29 is 9.13 Å².